The van der Waals surface area contributed by atoms with Gasteiger partial charge in [-0.2, -0.15) is 0 Å². The lowest BCUT2D eigenvalue weighted by atomic mass is 9.53. The molecule has 6 rings (SSSR count). The van der Waals surface area contributed by atoms with Gasteiger partial charge in [0.05, 0.1) is 0 Å². The average molecular weight is 361 g/mol. The lowest BCUT2D eigenvalue weighted by Crippen LogP contribution is -2.64. The number of ether oxygens (including phenoxy) is 2. The fourth-order valence-electron chi connectivity index (χ4n) is 5.92. The molecule has 1 fully saturated rings. The molecule has 27 heavy (non-hydrogen) atoms. The molecule has 2 aliphatic carbocycles. The first-order valence-corrected chi connectivity index (χ1v) is 9.81. The van der Waals surface area contributed by atoms with Crippen molar-refractivity contribution in [2.24, 2.45) is 5.92 Å². The van der Waals surface area contributed by atoms with E-state index in [1.165, 1.54) is 11.1 Å². The summed E-state index contributed by atoms with van der Waals surface area (Å²) < 4.78 is 12.7. The number of hydrogen-bond donors (Lipinski definition) is 1. The van der Waals surface area contributed by atoms with E-state index in [4.69, 9.17) is 9.47 Å². The normalized spacial score (nSPS) is 35.5. The highest BCUT2D eigenvalue weighted by Crippen LogP contribution is 2.62. The molecule has 2 heterocycles. The topological polar surface area (TPSA) is 41.9 Å². The molecule has 1 saturated heterocycles. The molecule has 138 valence electrons. The quantitative estimate of drug-likeness (QED) is 0.834. The van der Waals surface area contributed by atoms with Gasteiger partial charge >= 0.3 is 0 Å². The van der Waals surface area contributed by atoms with E-state index in [0.717, 1.165) is 36.6 Å². The van der Waals surface area contributed by atoms with Crippen LogP contribution in [0, 0.1) is 5.92 Å². The van der Waals surface area contributed by atoms with Gasteiger partial charge in [0, 0.05) is 22.9 Å². The van der Waals surface area contributed by atoms with Crippen molar-refractivity contribution in [2.45, 2.75) is 36.5 Å². The Labute approximate surface area is 159 Å². The van der Waals surface area contributed by atoms with Crippen LogP contribution in [0.4, 0.5) is 0 Å². The summed E-state index contributed by atoms with van der Waals surface area (Å²) in [6.07, 6.45) is 5.41. The molecule has 4 nitrogen and oxygen atoms in total. The van der Waals surface area contributed by atoms with E-state index in [1.807, 2.05) is 42.5 Å². The highest BCUT2D eigenvalue weighted by molar-refractivity contribution is 5.62. The number of aliphatic hydroxyl groups is 1. The first kappa shape index (κ1) is 15.7. The van der Waals surface area contributed by atoms with Crippen molar-refractivity contribution in [3.8, 4) is 17.2 Å². The lowest BCUT2D eigenvalue weighted by Gasteiger charge is -2.56. The van der Waals surface area contributed by atoms with Crippen LogP contribution in [0.2, 0.25) is 0 Å². The van der Waals surface area contributed by atoms with Crippen molar-refractivity contribution in [3.63, 3.8) is 0 Å². The van der Waals surface area contributed by atoms with Crippen molar-refractivity contribution >= 4 is 0 Å². The molecule has 2 bridgehead atoms. The van der Waals surface area contributed by atoms with Gasteiger partial charge in [-0.25, -0.2) is 0 Å². The Morgan fingerprint density at radius 1 is 1.15 bits per heavy atom. The first-order chi connectivity index (χ1) is 13.2. The number of aliphatic hydroxyl groups excluding tert-OH is 1. The van der Waals surface area contributed by atoms with Crippen molar-refractivity contribution in [1.82, 2.24) is 4.90 Å². The molecule has 2 aromatic carbocycles. The number of likely N-dealkylation sites (tertiary alicyclic amines) is 1. The zero-order valence-electron chi connectivity index (χ0n) is 15.3. The molecule has 5 atom stereocenters. The summed E-state index contributed by atoms with van der Waals surface area (Å²) in [4.78, 5) is 2.48. The summed E-state index contributed by atoms with van der Waals surface area (Å²) >= 11 is 0. The van der Waals surface area contributed by atoms with Crippen LogP contribution >= 0.6 is 0 Å². The van der Waals surface area contributed by atoms with Crippen molar-refractivity contribution < 1.29 is 14.6 Å². The third-order valence-corrected chi connectivity index (χ3v) is 7.11. The van der Waals surface area contributed by atoms with Crippen LogP contribution in [0.3, 0.4) is 0 Å². The second-order valence-corrected chi connectivity index (χ2v) is 8.32. The van der Waals surface area contributed by atoms with E-state index < -0.39 is 6.10 Å². The van der Waals surface area contributed by atoms with Crippen LogP contribution in [0.25, 0.3) is 0 Å². The lowest BCUT2D eigenvalue weighted by molar-refractivity contribution is -0.0452. The fraction of sp³-hybridized carbons (Fsp3) is 0.391. The average Bonchev–Trinajstić information content (AvgIpc) is 3.04. The van der Waals surface area contributed by atoms with Gasteiger partial charge in [0.25, 0.3) is 0 Å². The molecule has 0 unspecified atom stereocenters. The number of benzene rings is 2. The van der Waals surface area contributed by atoms with E-state index in [9.17, 15) is 5.11 Å². The van der Waals surface area contributed by atoms with Gasteiger partial charge in [0.1, 0.15) is 18.0 Å². The molecule has 0 amide bonds. The predicted octanol–water partition coefficient (Wildman–Crippen LogP) is 3.28. The maximum absolute atomic E-state index is 10.8. The Morgan fingerprint density at radius 2 is 2.00 bits per heavy atom. The standard InChI is InChI=1S/C23H23NO3/c1-24-12-11-23-16-8-9-18(25)22(23)27-21-19(26-15-5-3-2-4-6-15)10-7-14(20(21)23)13-17(16)24/h2-10,16-18,22,25H,11-13H2,1H3/t16-,17+,18-,22-,23-/m0/s1. The molecule has 4 aliphatic rings. The van der Waals surface area contributed by atoms with E-state index in [-0.39, 0.29) is 11.5 Å². The van der Waals surface area contributed by atoms with Crippen molar-refractivity contribution in [2.75, 3.05) is 13.6 Å². The van der Waals surface area contributed by atoms with Gasteiger partial charge in [0.2, 0.25) is 0 Å². The number of hydrogen-bond acceptors (Lipinski definition) is 4. The maximum atomic E-state index is 10.8. The summed E-state index contributed by atoms with van der Waals surface area (Å²) in [6.45, 7) is 1.03. The number of likely N-dealkylation sites (N-methyl/N-ethyl adjacent to an activating group) is 1. The second kappa shape index (κ2) is 5.37. The first-order valence-electron chi connectivity index (χ1n) is 9.81. The van der Waals surface area contributed by atoms with Gasteiger partial charge in [-0.3, -0.25) is 0 Å². The summed E-state index contributed by atoms with van der Waals surface area (Å²) in [7, 11) is 2.22. The smallest absolute Gasteiger partial charge is 0.169 e. The predicted molar refractivity (Wildman–Crippen MR) is 102 cm³/mol. The molecule has 2 aliphatic heterocycles. The molecule has 1 spiro atoms. The number of nitrogens with zero attached hydrogens (tertiary/aromatic N) is 1. The third kappa shape index (κ3) is 1.95. The number of rotatable bonds is 2. The van der Waals surface area contributed by atoms with E-state index in [1.54, 1.807) is 0 Å². The Kier molecular flexibility index (Phi) is 3.13. The minimum absolute atomic E-state index is 0.135. The Hall–Kier alpha value is -2.30. The van der Waals surface area contributed by atoms with Crippen molar-refractivity contribution in [3.05, 3.63) is 65.7 Å². The molecule has 0 aromatic heterocycles. The Morgan fingerprint density at radius 3 is 2.85 bits per heavy atom. The molecule has 0 radical (unpaired) electrons. The number of piperidine rings is 1. The monoisotopic (exact) mass is 361 g/mol. The van der Waals surface area contributed by atoms with Gasteiger partial charge in [-0.1, -0.05) is 36.4 Å². The van der Waals surface area contributed by atoms with Crippen LogP contribution < -0.4 is 9.47 Å². The summed E-state index contributed by atoms with van der Waals surface area (Å²) in [6, 6.07) is 14.5. The zero-order valence-corrected chi connectivity index (χ0v) is 15.3. The summed E-state index contributed by atoms with van der Waals surface area (Å²) in [5, 5.41) is 10.8. The molecule has 4 heteroatoms. The summed E-state index contributed by atoms with van der Waals surface area (Å²) in [5.74, 6) is 2.78. The van der Waals surface area contributed by atoms with Crippen LogP contribution in [0.15, 0.2) is 54.6 Å². The second-order valence-electron chi connectivity index (χ2n) is 8.32. The summed E-state index contributed by atoms with van der Waals surface area (Å²) in [5.41, 5.74) is 2.51. The van der Waals surface area contributed by atoms with Gasteiger partial charge in [-0.15, -0.1) is 0 Å². The highest BCUT2D eigenvalue weighted by atomic mass is 16.5. The minimum Gasteiger partial charge on any atom is -0.482 e. The Bertz CT molecular complexity index is 940. The Balaban J connectivity index is 1.54. The zero-order chi connectivity index (χ0) is 18.2. The molecule has 2 aromatic rings. The van der Waals surface area contributed by atoms with E-state index in [2.05, 4.69) is 24.1 Å². The highest BCUT2D eigenvalue weighted by Gasteiger charge is 2.64. The number of para-hydroxylation sites is 1. The SMILES string of the molecule is CN1CC[C@]23c4c5ccc(Oc6ccccc6)c4O[C@H]2[C@@H](O)C=C[C@H]3[C@H]1C5. The maximum Gasteiger partial charge on any atom is 0.169 e. The molecular formula is C23H23NO3. The molecular weight excluding hydrogens is 338 g/mol. The van der Waals surface area contributed by atoms with Crippen LogP contribution in [0.1, 0.15) is 17.5 Å². The van der Waals surface area contributed by atoms with E-state index in [0.29, 0.717) is 12.0 Å². The van der Waals surface area contributed by atoms with Crippen LogP contribution in [-0.2, 0) is 11.8 Å². The van der Waals surface area contributed by atoms with Crippen molar-refractivity contribution in [1.29, 1.82) is 0 Å². The van der Waals surface area contributed by atoms with Crippen LogP contribution in [0.5, 0.6) is 17.2 Å². The van der Waals surface area contributed by atoms with Crippen LogP contribution in [-0.4, -0.2) is 41.8 Å². The fourth-order valence-corrected chi connectivity index (χ4v) is 5.92. The third-order valence-electron chi connectivity index (χ3n) is 7.11. The molecule has 1 N–H and O–H groups in total. The molecule has 0 saturated carbocycles. The van der Waals surface area contributed by atoms with E-state index >= 15 is 0 Å². The minimum atomic E-state index is -0.576. The van der Waals surface area contributed by atoms with Gasteiger partial charge in [0.15, 0.2) is 11.5 Å². The van der Waals surface area contributed by atoms with Gasteiger partial charge in [-0.05, 0) is 50.2 Å². The van der Waals surface area contributed by atoms with Gasteiger partial charge < -0.3 is 19.5 Å². The largest absolute Gasteiger partial charge is 0.482 e.